The van der Waals surface area contributed by atoms with Crippen molar-refractivity contribution in [2.45, 2.75) is 44.4 Å². The summed E-state index contributed by atoms with van der Waals surface area (Å²) in [6.07, 6.45) is -7.47. The molecule has 0 heterocycles. The van der Waals surface area contributed by atoms with Gasteiger partial charge in [-0.2, -0.15) is 22.0 Å². The van der Waals surface area contributed by atoms with Gasteiger partial charge in [-0.15, -0.1) is 0 Å². The van der Waals surface area contributed by atoms with Crippen LogP contribution in [-0.4, -0.2) is 23.3 Å². The van der Waals surface area contributed by atoms with Crippen LogP contribution in [0.15, 0.2) is 0 Å². The molecule has 6 heteroatoms. The van der Waals surface area contributed by atoms with Crippen molar-refractivity contribution in [1.29, 1.82) is 0 Å². The quantitative estimate of drug-likeness (QED) is 0.722. The molecule has 14 heavy (non-hydrogen) atoms. The summed E-state index contributed by atoms with van der Waals surface area (Å²) in [5, 5.41) is 9.07. The maximum Gasteiger partial charge on any atom is 0.453 e. The molecule has 84 valence electrons. The second kappa shape index (κ2) is 3.05. The highest BCUT2D eigenvalue weighted by Gasteiger charge is 2.64. The molecule has 0 aromatic heterocycles. The van der Waals surface area contributed by atoms with Crippen LogP contribution in [0.4, 0.5) is 22.0 Å². The van der Waals surface area contributed by atoms with Gasteiger partial charge in [-0.05, 0) is 19.8 Å². The number of halogens is 5. The largest absolute Gasteiger partial charge is 0.453 e. The second-order valence-electron chi connectivity index (χ2n) is 3.92. The van der Waals surface area contributed by atoms with Gasteiger partial charge in [0, 0.05) is 11.8 Å². The Morgan fingerprint density at radius 3 is 1.86 bits per heavy atom. The third-order valence-corrected chi connectivity index (χ3v) is 2.77. The molecule has 1 fully saturated rings. The molecule has 0 saturated heterocycles. The first-order valence-electron chi connectivity index (χ1n) is 4.23. The second-order valence-corrected chi connectivity index (χ2v) is 3.92. The third-order valence-electron chi connectivity index (χ3n) is 2.77. The highest BCUT2D eigenvalue weighted by atomic mass is 19.4. The summed E-state index contributed by atoms with van der Waals surface area (Å²) < 4.78 is 60.7. The number of aliphatic hydroxyl groups is 1. The molecule has 0 aliphatic heterocycles. The van der Waals surface area contributed by atoms with Crippen LogP contribution in [-0.2, 0) is 0 Å². The predicted octanol–water partition coefficient (Wildman–Crippen LogP) is 2.74. The topological polar surface area (TPSA) is 20.2 Å². The molecule has 1 aliphatic carbocycles. The minimum absolute atomic E-state index is 0.232. The van der Waals surface area contributed by atoms with Gasteiger partial charge in [0.25, 0.3) is 0 Å². The Hall–Kier alpha value is -0.390. The summed E-state index contributed by atoms with van der Waals surface area (Å²) in [5.74, 6) is -4.69. The molecule has 0 radical (unpaired) electrons. The number of hydrogen-bond donors (Lipinski definition) is 1. The van der Waals surface area contributed by atoms with Crippen molar-refractivity contribution in [3.63, 3.8) is 0 Å². The van der Waals surface area contributed by atoms with Crippen molar-refractivity contribution in [3.05, 3.63) is 0 Å². The Kier molecular flexibility index (Phi) is 2.54. The van der Waals surface area contributed by atoms with Gasteiger partial charge in [-0.1, -0.05) is 0 Å². The van der Waals surface area contributed by atoms with Gasteiger partial charge in [-0.25, -0.2) is 0 Å². The highest BCUT2D eigenvalue weighted by Crippen LogP contribution is 2.57. The molecule has 0 spiro atoms. The van der Waals surface area contributed by atoms with Crippen LogP contribution in [0.1, 0.15) is 26.2 Å². The molecule has 0 aromatic carbocycles. The summed E-state index contributed by atoms with van der Waals surface area (Å²) in [4.78, 5) is 0. The molecule has 0 aromatic rings. The van der Waals surface area contributed by atoms with E-state index in [4.69, 9.17) is 5.11 Å². The monoisotopic (exact) mass is 218 g/mol. The number of aliphatic hydroxyl groups excluding tert-OH is 1. The van der Waals surface area contributed by atoms with E-state index in [0.29, 0.717) is 0 Å². The molecule has 1 rings (SSSR count). The molecule has 0 amide bonds. The van der Waals surface area contributed by atoms with Gasteiger partial charge < -0.3 is 5.11 Å². The number of alkyl halides is 5. The van der Waals surface area contributed by atoms with E-state index in [1.807, 2.05) is 0 Å². The van der Waals surface area contributed by atoms with Gasteiger partial charge in [0.15, 0.2) is 0 Å². The fourth-order valence-electron chi connectivity index (χ4n) is 1.45. The molecule has 1 saturated carbocycles. The molecule has 1 unspecified atom stereocenters. The average Bonchev–Trinajstić information content (AvgIpc) is 2.65. The van der Waals surface area contributed by atoms with Crippen LogP contribution in [0.25, 0.3) is 0 Å². The fraction of sp³-hybridized carbons (Fsp3) is 1.00. The van der Waals surface area contributed by atoms with Gasteiger partial charge in [-0.3, -0.25) is 0 Å². The predicted molar refractivity (Wildman–Crippen MR) is 39.0 cm³/mol. The minimum atomic E-state index is -5.52. The SMILES string of the molecule is CC(O)C1(CC(F)(F)C(F)(F)F)CC1. The summed E-state index contributed by atoms with van der Waals surface area (Å²) in [6.45, 7) is 1.25. The Balaban J connectivity index is 2.69. The summed E-state index contributed by atoms with van der Waals surface area (Å²) in [5.41, 5.74) is -1.22. The van der Waals surface area contributed by atoms with Crippen molar-refractivity contribution in [1.82, 2.24) is 0 Å². The lowest BCUT2D eigenvalue weighted by Gasteiger charge is -2.26. The Morgan fingerprint density at radius 2 is 1.64 bits per heavy atom. The first kappa shape index (κ1) is 11.7. The molecular formula is C8H11F5O. The van der Waals surface area contributed by atoms with E-state index in [2.05, 4.69) is 0 Å². The fourth-order valence-corrected chi connectivity index (χ4v) is 1.45. The molecule has 0 bridgehead atoms. The third kappa shape index (κ3) is 1.99. The normalized spacial score (nSPS) is 23.4. The van der Waals surface area contributed by atoms with Crippen LogP contribution >= 0.6 is 0 Å². The minimum Gasteiger partial charge on any atom is -0.393 e. The van der Waals surface area contributed by atoms with Gasteiger partial charge in [0.1, 0.15) is 0 Å². The lowest BCUT2D eigenvalue weighted by molar-refractivity contribution is -0.291. The van der Waals surface area contributed by atoms with Crippen molar-refractivity contribution < 1.29 is 27.1 Å². The van der Waals surface area contributed by atoms with E-state index in [1.165, 1.54) is 6.92 Å². The summed E-state index contributed by atoms with van der Waals surface area (Å²) in [7, 11) is 0. The maximum atomic E-state index is 12.6. The Bertz CT molecular complexity index is 216. The van der Waals surface area contributed by atoms with Crippen molar-refractivity contribution in [2.24, 2.45) is 5.41 Å². The average molecular weight is 218 g/mol. The molecule has 1 N–H and O–H groups in total. The van der Waals surface area contributed by atoms with Crippen LogP contribution < -0.4 is 0 Å². The van der Waals surface area contributed by atoms with Crippen molar-refractivity contribution >= 4 is 0 Å². The zero-order valence-corrected chi connectivity index (χ0v) is 7.54. The number of hydrogen-bond acceptors (Lipinski definition) is 1. The molecule has 1 aliphatic rings. The van der Waals surface area contributed by atoms with Gasteiger partial charge in [0.05, 0.1) is 6.10 Å². The van der Waals surface area contributed by atoms with E-state index >= 15 is 0 Å². The van der Waals surface area contributed by atoms with Crippen LogP contribution in [0, 0.1) is 5.41 Å². The van der Waals surface area contributed by atoms with E-state index in [0.717, 1.165) is 0 Å². The smallest absolute Gasteiger partial charge is 0.393 e. The highest BCUT2D eigenvalue weighted by molar-refractivity contribution is 5.01. The lowest BCUT2D eigenvalue weighted by Crippen LogP contribution is -2.40. The maximum absolute atomic E-state index is 12.6. The van der Waals surface area contributed by atoms with Crippen LogP contribution in [0.5, 0.6) is 0 Å². The molecule has 1 nitrogen and oxygen atoms in total. The van der Waals surface area contributed by atoms with Crippen molar-refractivity contribution in [2.75, 3.05) is 0 Å². The standard InChI is InChI=1S/C8H11F5O/c1-5(14)6(2-3-6)4-7(9,10)8(11,12)13/h5,14H,2-4H2,1H3. The van der Waals surface area contributed by atoms with Gasteiger partial charge >= 0.3 is 12.1 Å². The molecular weight excluding hydrogens is 207 g/mol. The summed E-state index contributed by atoms with van der Waals surface area (Å²) >= 11 is 0. The van der Waals surface area contributed by atoms with E-state index in [-0.39, 0.29) is 12.8 Å². The summed E-state index contributed by atoms with van der Waals surface area (Å²) in [6, 6.07) is 0. The first-order chi connectivity index (χ1) is 6.11. The van der Waals surface area contributed by atoms with E-state index in [1.54, 1.807) is 0 Å². The first-order valence-corrected chi connectivity index (χ1v) is 4.23. The van der Waals surface area contributed by atoms with Crippen LogP contribution in [0.2, 0.25) is 0 Å². The Morgan fingerprint density at radius 1 is 1.21 bits per heavy atom. The van der Waals surface area contributed by atoms with Crippen LogP contribution in [0.3, 0.4) is 0 Å². The lowest BCUT2D eigenvalue weighted by atomic mass is 9.92. The van der Waals surface area contributed by atoms with Gasteiger partial charge in [0.2, 0.25) is 0 Å². The van der Waals surface area contributed by atoms with Crippen molar-refractivity contribution in [3.8, 4) is 0 Å². The van der Waals surface area contributed by atoms with E-state index in [9.17, 15) is 22.0 Å². The zero-order valence-electron chi connectivity index (χ0n) is 7.54. The Labute approximate surface area is 77.9 Å². The van der Waals surface area contributed by atoms with E-state index < -0.39 is 30.0 Å². The molecule has 1 atom stereocenters. The zero-order chi connectivity index (χ0) is 11.2. The number of rotatable bonds is 3.